The van der Waals surface area contributed by atoms with Crippen LogP contribution in [0.3, 0.4) is 0 Å². The molecule has 1 fully saturated rings. The summed E-state index contributed by atoms with van der Waals surface area (Å²) in [6.07, 6.45) is 2.90. The molecule has 1 aliphatic heterocycles. The number of ether oxygens (including phenoxy) is 1. The second-order valence-electron chi connectivity index (χ2n) is 3.61. The molecule has 1 amide bonds. The van der Waals surface area contributed by atoms with Crippen molar-refractivity contribution in [3.63, 3.8) is 0 Å². The first-order valence-electron chi connectivity index (χ1n) is 5.40. The predicted molar refractivity (Wildman–Crippen MR) is 60.7 cm³/mol. The zero-order valence-corrected chi connectivity index (χ0v) is 9.31. The van der Waals surface area contributed by atoms with Gasteiger partial charge in [-0.05, 0) is 0 Å². The quantitative estimate of drug-likeness (QED) is 0.708. The van der Waals surface area contributed by atoms with Gasteiger partial charge in [0.1, 0.15) is 0 Å². The van der Waals surface area contributed by atoms with Gasteiger partial charge in [0.2, 0.25) is 5.91 Å². The average Bonchev–Trinajstić information content (AvgIpc) is 2.38. The fourth-order valence-corrected chi connectivity index (χ4v) is 1.56. The van der Waals surface area contributed by atoms with Crippen molar-refractivity contribution in [3.05, 3.63) is 22.7 Å². The van der Waals surface area contributed by atoms with Crippen molar-refractivity contribution in [2.24, 2.45) is 0 Å². The van der Waals surface area contributed by atoms with E-state index in [1.54, 1.807) is 4.90 Å². The summed E-state index contributed by atoms with van der Waals surface area (Å²) in [4.78, 5) is 31.1. The van der Waals surface area contributed by atoms with Gasteiger partial charge in [-0.2, -0.15) is 0 Å². The Hall–Kier alpha value is -1.89. The lowest BCUT2D eigenvalue weighted by Crippen LogP contribution is -2.43. The summed E-state index contributed by atoms with van der Waals surface area (Å²) in [6.45, 7) is 2.39. The van der Waals surface area contributed by atoms with Crippen LogP contribution in [-0.4, -0.2) is 53.6 Å². The van der Waals surface area contributed by atoms with Crippen molar-refractivity contribution in [1.82, 2.24) is 14.9 Å². The van der Waals surface area contributed by atoms with Crippen molar-refractivity contribution in [2.45, 2.75) is 0 Å². The molecule has 0 radical (unpaired) electrons. The smallest absolute Gasteiger partial charge is 0.290 e. The van der Waals surface area contributed by atoms with Crippen LogP contribution in [0.4, 0.5) is 5.82 Å². The van der Waals surface area contributed by atoms with Crippen LogP contribution < -0.4 is 10.9 Å². The minimum Gasteiger partial charge on any atom is -0.378 e. The topological polar surface area (TPSA) is 87.3 Å². The van der Waals surface area contributed by atoms with E-state index in [0.717, 1.165) is 0 Å². The highest BCUT2D eigenvalue weighted by Gasteiger charge is 2.16. The molecule has 0 spiro atoms. The molecule has 7 heteroatoms. The SMILES string of the molecule is O=C(CNc1ncc[nH]c1=O)N1CCOCC1. The number of anilines is 1. The fourth-order valence-electron chi connectivity index (χ4n) is 1.56. The normalized spacial score (nSPS) is 15.6. The summed E-state index contributed by atoms with van der Waals surface area (Å²) < 4.78 is 5.15. The maximum absolute atomic E-state index is 11.8. The molecule has 2 N–H and O–H groups in total. The number of aromatic nitrogens is 2. The summed E-state index contributed by atoms with van der Waals surface area (Å²) in [7, 11) is 0. The summed E-state index contributed by atoms with van der Waals surface area (Å²) in [5.74, 6) is 0.104. The van der Waals surface area contributed by atoms with Crippen LogP contribution in [-0.2, 0) is 9.53 Å². The second kappa shape index (κ2) is 5.44. The maximum Gasteiger partial charge on any atom is 0.290 e. The molecule has 1 saturated heterocycles. The first-order valence-corrected chi connectivity index (χ1v) is 5.40. The Morgan fingerprint density at radius 2 is 2.29 bits per heavy atom. The molecule has 17 heavy (non-hydrogen) atoms. The van der Waals surface area contributed by atoms with Crippen LogP contribution in [0.5, 0.6) is 0 Å². The van der Waals surface area contributed by atoms with Gasteiger partial charge in [-0.15, -0.1) is 0 Å². The molecule has 2 heterocycles. The number of carbonyl (C=O) groups is 1. The van der Waals surface area contributed by atoms with E-state index < -0.39 is 0 Å². The molecule has 1 aromatic heterocycles. The van der Waals surface area contributed by atoms with Gasteiger partial charge in [0, 0.05) is 25.5 Å². The highest BCUT2D eigenvalue weighted by atomic mass is 16.5. The van der Waals surface area contributed by atoms with E-state index in [9.17, 15) is 9.59 Å². The number of amides is 1. The largest absolute Gasteiger partial charge is 0.378 e. The lowest BCUT2D eigenvalue weighted by molar-refractivity contribution is -0.133. The molecule has 0 atom stereocenters. The number of H-pyrrole nitrogens is 1. The predicted octanol–water partition coefficient (Wildman–Crippen LogP) is -0.959. The van der Waals surface area contributed by atoms with Gasteiger partial charge in [-0.1, -0.05) is 0 Å². The first kappa shape index (κ1) is 11.6. The van der Waals surface area contributed by atoms with Gasteiger partial charge >= 0.3 is 0 Å². The Balaban J connectivity index is 1.87. The summed E-state index contributed by atoms with van der Waals surface area (Å²) in [6, 6.07) is 0. The number of carbonyl (C=O) groups excluding carboxylic acids is 1. The third kappa shape index (κ3) is 3.04. The van der Waals surface area contributed by atoms with Crippen molar-refractivity contribution < 1.29 is 9.53 Å². The molecule has 0 bridgehead atoms. The molecular formula is C10H14N4O3. The monoisotopic (exact) mass is 238 g/mol. The van der Waals surface area contributed by atoms with Gasteiger partial charge < -0.3 is 19.9 Å². The van der Waals surface area contributed by atoms with Gasteiger partial charge in [-0.3, -0.25) is 9.59 Å². The van der Waals surface area contributed by atoms with Crippen LogP contribution in [0.15, 0.2) is 17.2 Å². The van der Waals surface area contributed by atoms with Crippen molar-refractivity contribution >= 4 is 11.7 Å². The van der Waals surface area contributed by atoms with Crippen LogP contribution in [0.1, 0.15) is 0 Å². The van der Waals surface area contributed by atoms with Crippen LogP contribution in [0, 0.1) is 0 Å². The molecule has 0 saturated carbocycles. The highest BCUT2D eigenvalue weighted by molar-refractivity contribution is 5.80. The van der Waals surface area contributed by atoms with E-state index in [-0.39, 0.29) is 23.8 Å². The highest BCUT2D eigenvalue weighted by Crippen LogP contribution is 1.98. The van der Waals surface area contributed by atoms with Gasteiger partial charge in [0.25, 0.3) is 5.56 Å². The van der Waals surface area contributed by atoms with Crippen molar-refractivity contribution in [1.29, 1.82) is 0 Å². The van der Waals surface area contributed by atoms with E-state index in [4.69, 9.17) is 4.74 Å². The molecule has 7 nitrogen and oxygen atoms in total. The third-order valence-electron chi connectivity index (χ3n) is 2.48. The van der Waals surface area contributed by atoms with E-state index >= 15 is 0 Å². The number of hydrogen-bond acceptors (Lipinski definition) is 5. The lowest BCUT2D eigenvalue weighted by Gasteiger charge is -2.26. The zero-order valence-electron chi connectivity index (χ0n) is 9.31. The molecule has 0 aromatic carbocycles. The number of rotatable bonds is 3. The summed E-state index contributed by atoms with van der Waals surface area (Å²) in [5, 5.41) is 2.72. The van der Waals surface area contributed by atoms with E-state index in [0.29, 0.717) is 26.3 Å². The van der Waals surface area contributed by atoms with Gasteiger partial charge in [0.15, 0.2) is 5.82 Å². The lowest BCUT2D eigenvalue weighted by atomic mass is 10.4. The first-order chi connectivity index (χ1) is 8.27. The van der Waals surface area contributed by atoms with Crippen molar-refractivity contribution in [2.75, 3.05) is 38.2 Å². The number of morpholine rings is 1. The van der Waals surface area contributed by atoms with Crippen LogP contribution >= 0.6 is 0 Å². The zero-order chi connectivity index (χ0) is 12.1. The number of aromatic amines is 1. The Labute approximate surface area is 97.8 Å². The number of nitrogens with zero attached hydrogens (tertiary/aromatic N) is 2. The van der Waals surface area contributed by atoms with Gasteiger partial charge in [-0.25, -0.2) is 4.98 Å². The molecule has 0 aliphatic carbocycles. The van der Waals surface area contributed by atoms with Crippen LogP contribution in [0.2, 0.25) is 0 Å². The second-order valence-corrected chi connectivity index (χ2v) is 3.61. The van der Waals surface area contributed by atoms with E-state index in [1.807, 2.05) is 0 Å². The minimum atomic E-state index is -0.331. The van der Waals surface area contributed by atoms with E-state index in [2.05, 4.69) is 15.3 Å². The molecule has 2 rings (SSSR count). The molecule has 1 aromatic rings. The number of nitrogens with one attached hydrogen (secondary N) is 2. The maximum atomic E-state index is 11.8. The van der Waals surface area contributed by atoms with Gasteiger partial charge in [0.05, 0.1) is 19.8 Å². The third-order valence-corrected chi connectivity index (χ3v) is 2.48. The Kier molecular flexibility index (Phi) is 3.71. The molecule has 92 valence electrons. The number of hydrogen-bond donors (Lipinski definition) is 2. The molecule has 0 unspecified atom stereocenters. The van der Waals surface area contributed by atoms with Crippen molar-refractivity contribution in [3.8, 4) is 0 Å². The summed E-state index contributed by atoms with van der Waals surface area (Å²) >= 11 is 0. The molecule has 1 aliphatic rings. The Morgan fingerprint density at radius 1 is 1.53 bits per heavy atom. The van der Waals surface area contributed by atoms with E-state index in [1.165, 1.54) is 12.4 Å². The minimum absolute atomic E-state index is 0.0571. The average molecular weight is 238 g/mol. The van der Waals surface area contributed by atoms with Crippen LogP contribution in [0.25, 0.3) is 0 Å². The summed E-state index contributed by atoms with van der Waals surface area (Å²) in [5.41, 5.74) is -0.331. The standard InChI is InChI=1S/C10H14N4O3/c15-8(14-3-5-17-6-4-14)7-13-9-10(16)12-2-1-11-9/h1-2H,3-7H2,(H,11,13)(H,12,16). The Morgan fingerprint density at radius 3 is 3.00 bits per heavy atom. The fraction of sp³-hybridized carbons (Fsp3) is 0.500. The molecular weight excluding hydrogens is 224 g/mol. The Bertz CT molecular complexity index is 439.